The molecule has 26 heavy (non-hydrogen) atoms. The summed E-state index contributed by atoms with van der Waals surface area (Å²) in [5.41, 5.74) is 10.6. The smallest absolute Gasteiger partial charge is 0.147 e. The average Bonchev–Trinajstić information content (AvgIpc) is 2.64. The van der Waals surface area contributed by atoms with Crippen LogP contribution in [-0.2, 0) is 0 Å². The van der Waals surface area contributed by atoms with Gasteiger partial charge in [0.25, 0.3) is 0 Å². The number of hydrogen-bond acceptors (Lipinski definition) is 2. The van der Waals surface area contributed by atoms with E-state index in [1.165, 1.54) is 11.1 Å². The van der Waals surface area contributed by atoms with Crippen molar-refractivity contribution in [3.05, 3.63) is 59.4 Å². The Morgan fingerprint density at radius 1 is 1.31 bits per heavy atom. The minimum atomic E-state index is 0.532. The van der Waals surface area contributed by atoms with Crippen LogP contribution in [-0.4, -0.2) is 48.9 Å². The summed E-state index contributed by atoms with van der Waals surface area (Å²) in [4.78, 5) is 2.38. The molecule has 1 aliphatic carbocycles. The molecule has 1 atom stereocenters. The second kappa shape index (κ2) is 11.7. The molecule has 0 amide bonds. The SMILES string of the molecule is C=C(/C=C\C(N)=C/C)CCN(C)CC1=CC=C(C)C(C=[N+](CC)CC)C1. The van der Waals surface area contributed by atoms with Gasteiger partial charge >= 0.3 is 0 Å². The van der Waals surface area contributed by atoms with Gasteiger partial charge in [-0.05, 0) is 53.7 Å². The fourth-order valence-corrected chi connectivity index (χ4v) is 3.01. The maximum atomic E-state index is 5.78. The first-order valence-electron chi connectivity index (χ1n) is 9.81. The van der Waals surface area contributed by atoms with E-state index in [1.54, 1.807) is 0 Å². The van der Waals surface area contributed by atoms with Crippen LogP contribution in [0.15, 0.2) is 59.4 Å². The summed E-state index contributed by atoms with van der Waals surface area (Å²) in [5, 5.41) is 0. The molecule has 1 unspecified atom stereocenters. The highest BCUT2D eigenvalue weighted by Crippen LogP contribution is 2.24. The van der Waals surface area contributed by atoms with Crippen molar-refractivity contribution in [2.24, 2.45) is 11.7 Å². The van der Waals surface area contributed by atoms with E-state index in [9.17, 15) is 0 Å². The van der Waals surface area contributed by atoms with E-state index in [4.69, 9.17) is 5.73 Å². The molecule has 0 spiro atoms. The Kier molecular flexibility index (Phi) is 9.97. The first-order valence-corrected chi connectivity index (χ1v) is 9.81. The van der Waals surface area contributed by atoms with E-state index in [2.05, 4.69) is 62.2 Å². The second-order valence-corrected chi connectivity index (χ2v) is 7.18. The van der Waals surface area contributed by atoms with Crippen LogP contribution < -0.4 is 5.73 Å². The van der Waals surface area contributed by atoms with Crippen LogP contribution >= 0.6 is 0 Å². The van der Waals surface area contributed by atoms with Crippen LogP contribution in [0.25, 0.3) is 0 Å². The van der Waals surface area contributed by atoms with Crippen molar-refractivity contribution in [3.63, 3.8) is 0 Å². The number of allylic oxidation sites excluding steroid dienone is 6. The molecule has 2 N–H and O–H groups in total. The highest BCUT2D eigenvalue weighted by atomic mass is 15.1. The Hall–Kier alpha value is -1.87. The fraction of sp³-hybridized carbons (Fsp3) is 0.522. The number of nitrogens with zero attached hydrogens (tertiary/aromatic N) is 2. The summed E-state index contributed by atoms with van der Waals surface area (Å²) in [6.45, 7) is 16.9. The van der Waals surface area contributed by atoms with Crippen LogP contribution in [0.5, 0.6) is 0 Å². The van der Waals surface area contributed by atoms with Crippen molar-refractivity contribution >= 4 is 6.21 Å². The van der Waals surface area contributed by atoms with Crippen molar-refractivity contribution in [2.45, 2.75) is 40.5 Å². The predicted molar refractivity (Wildman–Crippen MR) is 116 cm³/mol. The van der Waals surface area contributed by atoms with E-state index < -0.39 is 0 Å². The first-order chi connectivity index (χ1) is 12.4. The highest BCUT2D eigenvalue weighted by Gasteiger charge is 2.19. The van der Waals surface area contributed by atoms with Gasteiger partial charge in [0.05, 0.1) is 5.92 Å². The van der Waals surface area contributed by atoms with Crippen molar-refractivity contribution in [1.82, 2.24) is 4.90 Å². The molecule has 0 aromatic heterocycles. The summed E-state index contributed by atoms with van der Waals surface area (Å²) in [6, 6.07) is 0. The molecule has 0 saturated carbocycles. The summed E-state index contributed by atoms with van der Waals surface area (Å²) in [6.07, 6.45) is 14.9. The number of likely N-dealkylation sites (N-methyl/N-ethyl adjacent to an activating group) is 1. The molecule has 3 heteroatoms. The van der Waals surface area contributed by atoms with Crippen molar-refractivity contribution in [2.75, 3.05) is 33.2 Å². The third-order valence-corrected chi connectivity index (χ3v) is 4.98. The van der Waals surface area contributed by atoms with Gasteiger partial charge in [0, 0.05) is 18.8 Å². The monoisotopic (exact) mass is 356 g/mol. The second-order valence-electron chi connectivity index (χ2n) is 7.18. The van der Waals surface area contributed by atoms with Gasteiger partial charge in [-0.3, -0.25) is 0 Å². The molecule has 0 bridgehead atoms. The van der Waals surface area contributed by atoms with Crippen LogP contribution in [0.3, 0.4) is 0 Å². The molecule has 3 nitrogen and oxygen atoms in total. The molecular weight excluding hydrogens is 318 g/mol. The summed E-state index contributed by atoms with van der Waals surface area (Å²) in [7, 11) is 2.19. The third kappa shape index (κ3) is 8.01. The molecule has 0 fully saturated rings. The van der Waals surface area contributed by atoms with E-state index in [1.807, 2.05) is 25.2 Å². The lowest BCUT2D eigenvalue weighted by Gasteiger charge is -2.23. The van der Waals surface area contributed by atoms with Crippen LogP contribution in [0, 0.1) is 5.92 Å². The maximum absolute atomic E-state index is 5.78. The molecule has 0 radical (unpaired) electrons. The quantitative estimate of drug-likeness (QED) is 0.360. The molecule has 0 saturated heterocycles. The Labute approximate surface area is 161 Å². The lowest BCUT2D eigenvalue weighted by Crippen LogP contribution is -2.26. The van der Waals surface area contributed by atoms with Gasteiger partial charge in [-0.2, -0.15) is 0 Å². The molecule has 1 rings (SSSR count). The zero-order valence-electron chi connectivity index (χ0n) is 17.5. The van der Waals surface area contributed by atoms with Gasteiger partial charge < -0.3 is 10.6 Å². The Balaban J connectivity index is 2.54. The van der Waals surface area contributed by atoms with Gasteiger partial charge in [0.15, 0.2) is 0 Å². The Morgan fingerprint density at radius 2 is 2.00 bits per heavy atom. The number of nitrogens with two attached hydrogens (primary N) is 1. The molecule has 1 aliphatic rings. The van der Waals surface area contributed by atoms with Crippen molar-refractivity contribution in [1.29, 1.82) is 0 Å². The van der Waals surface area contributed by atoms with Crippen LogP contribution in [0.1, 0.15) is 40.5 Å². The zero-order chi connectivity index (χ0) is 19.5. The molecular formula is C23H38N3+. The van der Waals surface area contributed by atoms with Gasteiger partial charge in [-0.1, -0.05) is 47.6 Å². The van der Waals surface area contributed by atoms with Gasteiger partial charge in [0.2, 0.25) is 0 Å². The minimum Gasteiger partial charge on any atom is -0.399 e. The highest BCUT2D eigenvalue weighted by molar-refractivity contribution is 5.62. The standard InChI is InChI=1S/C23H38N3/c1-7-23(24)13-10-19(4)14-15-25(6)17-21-12-11-20(5)22(16-21)18-26(8-2)9-3/h7,10-13,18,22H,4,8-9,14-17,24H2,1-3,5-6H3/q+1/b13-10-,23-7+. The minimum absolute atomic E-state index is 0.532. The molecule has 0 aromatic rings. The lowest BCUT2D eigenvalue weighted by molar-refractivity contribution is -0.518. The zero-order valence-corrected chi connectivity index (χ0v) is 17.5. The largest absolute Gasteiger partial charge is 0.399 e. The van der Waals surface area contributed by atoms with Gasteiger partial charge in [0.1, 0.15) is 19.3 Å². The van der Waals surface area contributed by atoms with E-state index in [0.29, 0.717) is 5.92 Å². The number of rotatable bonds is 10. The number of hydrogen-bond donors (Lipinski definition) is 1. The molecule has 144 valence electrons. The summed E-state index contributed by atoms with van der Waals surface area (Å²) >= 11 is 0. The predicted octanol–water partition coefficient (Wildman–Crippen LogP) is 4.30. The Bertz CT molecular complexity index is 611. The average molecular weight is 357 g/mol. The van der Waals surface area contributed by atoms with Gasteiger partial charge in [-0.25, -0.2) is 4.58 Å². The Morgan fingerprint density at radius 3 is 2.62 bits per heavy atom. The van der Waals surface area contributed by atoms with Crippen LogP contribution in [0.4, 0.5) is 0 Å². The van der Waals surface area contributed by atoms with E-state index >= 15 is 0 Å². The summed E-state index contributed by atoms with van der Waals surface area (Å²) in [5.74, 6) is 0.532. The normalized spacial score (nSPS) is 18.1. The first kappa shape index (κ1) is 22.2. The van der Waals surface area contributed by atoms with E-state index in [-0.39, 0.29) is 0 Å². The fourth-order valence-electron chi connectivity index (χ4n) is 3.01. The third-order valence-electron chi connectivity index (χ3n) is 4.98. The molecule has 0 heterocycles. The topological polar surface area (TPSA) is 32.3 Å². The maximum Gasteiger partial charge on any atom is 0.147 e. The van der Waals surface area contributed by atoms with E-state index in [0.717, 1.165) is 50.3 Å². The van der Waals surface area contributed by atoms with Crippen LogP contribution in [0.2, 0.25) is 0 Å². The lowest BCUT2D eigenvalue weighted by atomic mass is 9.88. The molecule has 0 aromatic carbocycles. The van der Waals surface area contributed by atoms with Crippen molar-refractivity contribution < 1.29 is 4.58 Å². The van der Waals surface area contributed by atoms with Gasteiger partial charge in [-0.15, -0.1) is 0 Å². The summed E-state index contributed by atoms with van der Waals surface area (Å²) < 4.78 is 2.40. The molecule has 0 aliphatic heterocycles. The van der Waals surface area contributed by atoms with Crippen molar-refractivity contribution in [3.8, 4) is 0 Å².